The molecule has 1 amide bonds. The van der Waals surface area contributed by atoms with Crippen LogP contribution < -0.4 is 5.32 Å². The predicted molar refractivity (Wildman–Crippen MR) is 60.3 cm³/mol. The highest BCUT2D eigenvalue weighted by atomic mass is 32.2. The molecular formula is C10H10N2O3S. The highest BCUT2D eigenvalue weighted by molar-refractivity contribution is 8.26. The SMILES string of the molecule is C[C@@H]1CC(=O)NC(SC(=O)c2ccco2)=N1. The van der Waals surface area contributed by atoms with E-state index in [1.165, 1.54) is 6.26 Å². The Hall–Kier alpha value is -1.56. The maximum Gasteiger partial charge on any atom is 0.262 e. The van der Waals surface area contributed by atoms with Gasteiger partial charge in [-0.1, -0.05) is 0 Å². The van der Waals surface area contributed by atoms with E-state index < -0.39 is 0 Å². The number of aliphatic imine (C=N–C) groups is 1. The van der Waals surface area contributed by atoms with E-state index in [1.807, 2.05) is 6.92 Å². The van der Waals surface area contributed by atoms with Gasteiger partial charge in [-0.25, -0.2) is 0 Å². The molecule has 0 aromatic carbocycles. The van der Waals surface area contributed by atoms with E-state index in [4.69, 9.17) is 4.42 Å². The molecule has 1 N–H and O–H groups in total. The number of hydrogen-bond acceptors (Lipinski definition) is 5. The summed E-state index contributed by atoms with van der Waals surface area (Å²) in [6.45, 7) is 1.83. The summed E-state index contributed by atoms with van der Waals surface area (Å²) in [5.41, 5.74) is 0. The summed E-state index contributed by atoms with van der Waals surface area (Å²) in [5, 5.41) is 2.62. The summed E-state index contributed by atoms with van der Waals surface area (Å²) in [6, 6.07) is 3.13. The fraction of sp³-hybridized carbons (Fsp3) is 0.300. The molecule has 84 valence electrons. The molecule has 2 heterocycles. The van der Waals surface area contributed by atoms with Gasteiger partial charge in [0.2, 0.25) is 5.91 Å². The van der Waals surface area contributed by atoms with E-state index in [2.05, 4.69) is 10.3 Å². The molecule has 1 aliphatic heterocycles. The molecule has 1 aliphatic rings. The third kappa shape index (κ3) is 2.52. The van der Waals surface area contributed by atoms with Crippen LogP contribution in [0.5, 0.6) is 0 Å². The molecule has 0 unspecified atom stereocenters. The zero-order chi connectivity index (χ0) is 11.5. The molecule has 1 atom stereocenters. The van der Waals surface area contributed by atoms with Crippen molar-refractivity contribution in [1.29, 1.82) is 0 Å². The number of carbonyl (C=O) groups excluding carboxylic acids is 2. The number of amidine groups is 1. The van der Waals surface area contributed by atoms with Gasteiger partial charge >= 0.3 is 0 Å². The molecule has 0 radical (unpaired) electrons. The van der Waals surface area contributed by atoms with E-state index in [9.17, 15) is 9.59 Å². The van der Waals surface area contributed by atoms with Gasteiger partial charge in [-0.05, 0) is 30.8 Å². The van der Waals surface area contributed by atoms with Crippen molar-refractivity contribution < 1.29 is 14.0 Å². The Morgan fingerprint density at radius 1 is 1.69 bits per heavy atom. The Morgan fingerprint density at radius 2 is 2.50 bits per heavy atom. The van der Waals surface area contributed by atoms with Crippen LogP contribution in [0.3, 0.4) is 0 Å². The van der Waals surface area contributed by atoms with Crippen LogP contribution in [-0.2, 0) is 4.79 Å². The number of amides is 1. The standard InChI is InChI=1S/C10H10N2O3S/c1-6-5-8(13)12-10(11-6)16-9(14)7-3-2-4-15-7/h2-4,6H,5H2,1H3,(H,11,12,13)/t6-/m1/s1. The summed E-state index contributed by atoms with van der Waals surface area (Å²) in [5.74, 6) is 0.137. The summed E-state index contributed by atoms with van der Waals surface area (Å²) < 4.78 is 4.95. The Morgan fingerprint density at radius 3 is 3.12 bits per heavy atom. The second kappa shape index (κ2) is 4.52. The van der Waals surface area contributed by atoms with Crippen molar-refractivity contribution in [1.82, 2.24) is 5.32 Å². The summed E-state index contributed by atoms with van der Waals surface area (Å²) in [6.07, 6.45) is 1.79. The first kappa shape index (κ1) is 10.9. The van der Waals surface area contributed by atoms with Crippen LogP contribution >= 0.6 is 11.8 Å². The molecule has 0 saturated carbocycles. The quantitative estimate of drug-likeness (QED) is 0.803. The molecular weight excluding hydrogens is 228 g/mol. The first-order valence-electron chi connectivity index (χ1n) is 4.78. The Kier molecular flexibility index (Phi) is 3.09. The molecule has 0 saturated heterocycles. The fourth-order valence-corrected chi connectivity index (χ4v) is 2.09. The fourth-order valence-electron chi connectivity index (χ4n) is 1.30. The summed E-state index contributed by atoms with van der Waals surface area (Å²) in [4.78, 5) is 27.0. The van der Waals surface area contributed by atoms with Gasteiger partial charge in [0, 0.05) is 6.42 Å². The van der Waals surface area contributed by atoms with Gasteiger partial charge in [0.05, 0.1) is 12.3 Å². The molecule has 2 rings (SSSR count). The van der Waals surface area contributed by atoms with Gasteiger partial charge in [-0.15, -0.1) is 0 Å². The van der Waals surface area contributed by atoms with Gasteiger partial charge in [-0.3, -0.25) is 14.6 Å². The molecule has 5 nitrogen and oxygen atoms in total. The molecule has 1 aromatic heterocycles. The van der Waals surface area contributed by atoms with E-state index in [0.29, 0.717) is 11.6 Å². The summed E-state index contributed by atoms with van der Waals surface area (Å²) >= 11 is 0.871. The Labute approximate surface area is 96.3 Å². The maximum absolute atomic E-state index is 11.6. The lowest BCUT2D eigenvalue weighted by atomic mass is 10.2. The lowest BCUT2D eigenvalue weighted by molar-refractivity contribution is -0.120. The van der Waals surface area contributed by atoms with Crippen LogP contribution in [-0.4, -0.2) is 22.2 Å². The average Bonchev–Trinajstić information content (AvgIpc) is 2.68. The van der Waals surface area contributed by atoms with Gasteiger partial charge in [0.25, 0.3) is 5.12 Å². The number of carbonyl (C=O) groups is 2. The van der Waals surface area contributed by atoms with Crippen molar-refractivity contribution >= 4 is 28.0 Å². The largest absolute Gasteiger partial charge is 0.460 e. The van der Waals surface area contributed by atoms with E-state index >= 15 is 0 Å². The zero-order valence-corrected chi connectivity index (χ0v) is 9.41. The zero-order valence-electron chi connectivity index (χ0n) is 8.60. The highest BCUT2D eigenvalue weighted by Gasteiger charge is 2.21. The van der Waals surface area contributed by atoms with Crippen LogP contribution in [0, 0.1) is 0 Å². The van der Waals surface area contributed by atoms with Crippen molar-refractivity contribution in [3.63, 3.8) is 0 Å². The van der Waals surface area contributed by atoms with E-state index in [0.717, 1.165) is 11.8 Å². The minimum Gasteiger partial charge on any atom is -0.460 e. The molecule has 0 aliphatic carbocycles. The van der Waals surface area contributed by atoms with Gasteiger partial charge < -0.3 is 9.73 Å². The maximum atomic E-state index is 11.6. The minimum atomic E-state index is -0.266. The topological polar surface area (TPSA) is 71.7 Å². The lowest BCUT2D eigenvalue weighted by Crippen LogP contribution is -2.36. The first-order valence-corrected chi connectivity index (χ1v) is 5.60. The highest BCUT2D eigenvalue weighted by Crippen LogP contribution is 2.16. The van der Waals surface area contributed by atoms with Crippen molar-refractivity contribution in [2.24, 2.45) is 4.99 Å². The second-order valence-corrected chi connectivity index (χ2v) is 4.36. The third-order valence-corrected chi connectivity index (χ3v) is 2.76. The third-order valence-electron chi connectivity index (χ3n) is 1.98. The lowest BCUT2D eigenvalue weighted by Gasteiger charge is -2.16. The predicted octanol–water partition coefficient (Wildman–Crippen LogP) is 1.42. The number of nitrogens with one attached hydrogen (secondary N) is 1. The first-order chi connectivity index (χ1) is 7.65. The minimum absolute atomic E-state index is 0.0827. The van der Waals surface area contributed by atoms with Crippen LogP contribution in [0.25, 0.3) is 0 Å². The normalized spacial score (nSPS) is 20.2. The monoisotopic (exact) mass is 238 g/mol. The van der Waals surface area contributed by atoms with Crippen LogP contribution in [0.1, 0.15) is 23.9 Å². The van der Waals surface area contributed by atoms with Crippen molar-refractivity contribution in [3.8, 4) is 0 Å². The molecule has 0 spiro atoms. The van der Waals surface area contributed by atoms with Gasteiger partial charge in [-0.2, -0.15) is 0 Å². The average molecular weight is 238 g/mol. The van der Waals surface area contributed by atoms with Crippen molar-refractivity contribution in [3.05, 3.63) is 24.2 Å². The Balaban J connectivity index is 2.05. The Bertz CT molecular complexity index is 439. The molecule has 6 heteroatoms. The van der Waals surface area contributed by atoms with Crippen molar-refractivity contribution in [2.45, 2.75) is 19.4 Å². The number of hydrogen-bond donors (Lipinski definition) is 1. The second-order valence-electron chi connectivity index (χ2n) is 3.40. The number of furan rings is 1. The van der Waals surface area contributed by atoms with E-state index in [-0.39, 0.29) is 22.8 Å². The smallest absolute Gasteiger partial charge is 0.262 e. The molecule has 16 heavy (non-hydrogen) atoms. The molecule has 0 fully saturated rings. The summed E-state index contributed by atoms with van der Waals surface area (Å²) in [7, 11) is 0. The molecule has 1 aromatic rings. The van der Waals surface area contributed by atoms with Crippen LogP contribution in [0.4, 0.5) is 0 Å². The van der Waals surface area contributed by atoms with E-state index in [1.54, 1.807) is 12.1 Å². The van der Waals surface area contributed by atoms with Crippen molar-refractivity contribution in [2.75, 3.05) is 0 Å². The molecule has 0 bridgehead atoms. The number of rotatable bonds is 1. The van der Waals surface area contributed by atoms with Crippen LogP contribution in [0.15, 0.2) is 27.8 Å². The number of nitrogens with zero attached hydrogens (tertiary/aromatic N) is 1. The van der Waals surface area contributed by atoms with Gasteiger partial charge in [0.15, 0.2) is 10.9 Å². The number of thioether (sulfide) groups is 1. The van der Waals surface area contributed by atoms with Crippen LogP contribution in [0.2, 0.25) is 0 Å². The van der Waals surface area contributed by atoms with Gasteiger partial charge in [0.1, 0.15) is 0 Å².